The van der Waals surface area contributed by atoms with Gasteiger partial charge in [-0.25, -0.2) is 8.42 Å². The van der Waals surface area contributed by atoms with Crippen molar-refractivity contribution in [2.75, 3.05) is 11.4 Å². The smallest absolute Gasteiger partial charge is 0.264 e. The SMILES string of the molecule is CN(c1cccnc1)S(=O)(=O)c1cccc(Cl)c1. The minimum atomic E-state index is -3.61. The Hall–Kier alpha value is -1.59. The standard InChI is InChI=1S/C12H11ClN2O2S/c1-15(11-5-3-7-14-9-11)18(16,17)12-6-2-4-10(13)8-12/h2-9H,1H3. The van der Waals surface area contributed by atoms with E-state index in [0.29, 0.717) is 10.7 Å². The average Bonchev–Trinajstić information content (AvgIpc) is 2.39. The lowest BCUT2D eigenvalue weighted by Crippen LogP contribution is -2.26. The van der Waals surface area contributed by atoms with Crippen LogP contribution >= 0.6 is 11.6 Å². The molecule has 0 radical (unpaired) electrons. The number of anilines is 1. The molecule has 2 aromatic rings. The molecule has 0 bridgehead atoms. The second-order valence-electron chi connectivity index (χ2n) is 3.64. The van der Waals surface area contributed by atoms with Crippen molar-refractivity contribution in [3.8, 4) is 0 Å². The van der Waals surface area contributed by atoms with Gasteiger partial charge in [0.05, 0.1) is 16.8 Å². The minimum absolute atomic E-state index is 0.154. The Labute approximate surface area is 111 Å². The van der Waals surface area contributed by atoms with Crippen molar-refractivity contribution in [2.24, 2.45) is 0 Å². The fraction of sp³-hybridized carbons (Fsp3) is 0.0833. The number of hydrogen-bond acceptors (Lipinski definition) is 3. The lowest BCUT2D eigenvalue weighted by Gasteiger charge is -2.18. The molecule has 1 aromatic carbocycles. The maximum atomic E-state index is 12.3. The Bertz CT molecular complexity index is 644. The van der Waals surface area contributed by atoms with Crippen LogP contribution in [0.4, 0.5) is 5.69 Å². The number of aromatic nitrogens is 1. The molecule has 0 atom stereocenters. The Balaban J connectivity index is 2.44. The third-order valence-electron chi connectivity index (χ3n) is 2.46. The Kier molecular flexibility index (Phi) is 3.54. The van der Waals surface area contributed by atoms with E-state index in [0.717, 1.165) is 0 Å². The molecule has 18 heavy (non-hydrogen) atoms. The third-order valence-corrected chi connectivity index (χ3v) is 4.48. The fourth-order valence-electron chi connectivity index (χ4n) is 1.46. The van der Waals surface area contributed by atoms with Crippen LogP contribution in [0.5, 0.6) is 0 Å². The highest BCUT2D eigenvalue weighted by Crippen LogP contribution is 2.22. The summed E-state index contributed by atoms with van der Waals surface area (Å²) in [5.41, 5.74) is 0.498. The van der Waals surface area contributed by atoms with Crippen LogP contribution in [0.15, 0.2) is 53.7 Å². The van der Waals surface area contributed by atoms with Gasteiger partial charge in [-0.05, 0) is 30.3 Å². The molecule has 0 aliphatic rings. The Morgan fingerprint density at radius 2 is 2.00 bits per heavy atom. The number of rotatable bonds is 3. The average molecular weight is 283 g/mol. The molecule has 0 N–H and O–H groups in total. The molecule has 0 unspecified atom stereocenters. The molecule has 6 heteroatoms. The maximum Gasteiger partial charge on any atom is 0.264 e. The predicted octanol–water partition coefficient (Wildman–Crippen LogP) is 2.56. The quantitative estimate of drug-likeness (QED) is 0.869. The number of nitrogens with zero attached hydrogens (tertiary/aromatic N) is 2. The van der Waals surface area contributed by atoms with Gasteiger partial charge < -0.3 is 0 Å². The molecule has 0 spiro atoms. The molecule has 4 nitrogen and oxygen atoms in total. The van der Waals surface area contributed by atoms with Crippen molar-refractivity contribution in [2.45, 2.75) is 4.90 Å². The van der Waals surface area contributed by atoms with E-state index in [2.05, 4.69) is 4.98 Å². The molecular weight excluding hydrogens is 272 g/mol. The van der Waals surface area contributed by atoms with E-state index in [1.54, 1.807) is 30.5 Å². The number of halogens is 1. The molecule has 2 rings (SSSR count). The van der Waals surface area contributed by atoms with Gasteiger partial charge >= 0.3 is 0 Å². The van der Waals surface area contributed by atoms with Crippen molar-refractivity contribution >= 4 is 27.3 Å². The van der Waals surface area contributed by atoms with Crippen LogP contribution in [0.2, 0.25) is 5.02 Å². The zero-order valence-electron chi connectivity index (χ0n) is 9.62. The number of pyridine rings is 1. The highest BCUT2D eigenvalue weighted by Gasteiger charge is 2.21. The Morgan fingerprint density at radius 3 is 2.61 bits per heavy atom. The number of sulfonamides is 1. The summed E-state index contributed by atoms with van der Waals surface area (Å²) in [6.45, 7) is 0. The maximum absolute atomic E-state index is 12.3. The topological polar surface area (TPSA) is 50.3 Å². The first-order valence-electron chi connectivity index (χ1n) is 5.16. The van der Waals surface area contributed by atoms with Crippen LogP contribution in [0.1, 0.15) is 0 Å². The van der Waals surface area contributed by atoms with Crippen molar-refractivity contribution in [1.29, 1.82) is 0 Å². The first kappa shape index (κ1) is 12.9. The van der Waals surface area contributed by atoms with Crippen LogP contribution in [0.25, 0.3) is 0 Å². The van der Waals surface area contributed by atoms with Crippen LogP contribution in [-0.2, 0) is 10.0 Å². The van der Waals surface area contributed by atoms with Crippen molar-refractivity contribution in [3.63, 3.8) is 0 Å². The lowest BCUT2D eigenvalue weighted by atomic mass is 10.4. The molecule has 0 aliphatic carbocycles. The third kappa shape index (κ3) is 2.47. The molecule has 0 aliphatic heterocycles. The van der Waals surface area contributed by atoms with Gasteiger partial charge in [-0.15, -0.1) is 0 Å². The summed E-state index contributed by atoms with van der Waals surface area (Å²) in [4.78, 5) is 4.05. The van der Waals surface area contributed by atoms with Crippen LogP contribution in [-0.4, -0.2) is 20.4 Å². The minimum Gasteiger partial charge on any atom is -0.268 e. The molecule has 0 saturated carbocycles. The van der Waals surface area contributed by atoms with Gasteiger partial charge in [-0.3, -0.25) is 9.29 Å². The van der Waals surface area contributed by atoms with Crippen molar-refractivity contribution in [3.05, 3.63) is 53.8 Å². The first-order valence-corrected chi connectivity index (χ1v) is 6.98. The summed E-state index contributed by atoms with van der Waals surface area (Å²) in [6.07, 6.45) is 3.07. The highest BCUT2D eigenvalue weighted by atomic mass is 35.5. The summed E-state index contributed by atoms with van der Waals surface area (Å²) in [6, 6.07) is 9.52. The van der Waals surface area contributed by atoms with Gasteiger partial charge in [0, 0.05) is 18.3 Å². The molecule has 1 heterocycles. The monoisotopic (exact) mass is 282 g/mol. The van der Waals surface area contributed by atoms with Crippen LogP contribution < -0.4 is 4.31 Å². The van der Waals surface area contributed by atoms with Gasteiger partial charge in [-0.2, -0.15) is 0 Å². The van der Waals surface area contributed by atoms with Gasteiger partial charge in [0.25, 0.3) is 10.0 Å². The molecule has 1 aromatic heterocycles. The summed E-state index contributed by atoms with van der Waals surface area (Å²) in [5.74, 6) is 0. The molecule has 0 saturated heterocycles. The lowest BCUT2D eigenvalue weighted by molar-refractivity contribution is 0.594. The van der Waals surface area contributed by atoms with E-state index in [1.165, 1.54) is 29.7 Å². The highest BCUT2D eigenvalue weighted by molar-refractivity contribution is 7.92. The van der Waals surface area contributed by atoms with Gasteiger partial charge in [-0.1, -0.05) is 17.7 Å². The Morgan fingerprint density at radius 1 is 1.22 bits per heavy atom. The molecule has 94 valence electrons. The summed E-state index contributed by atoms with van der Waals surface area (Å²) in [5, 5.41) is 0.385. The molecule has 0 fully saturated rings. The summed E-state index contributed by atoms with van der Waals surface area (Å²) < 4.78 is 25.8. The molecular formula is C12H11ClN2O2S. The van der Waals surface area contributed by atoms with Crippen molar-refractivity contribution < 1.29 is 8.42 Å². The second kappa shape index (κ2) is 4.96. The van der Waals surface area contributed by atoms with E-state index in [9.17, 15) is 8.42 Å². The number of hydrogen-bond donors (Lipinski definition) is 0. The molecule has 0 amide bonds. The van der Waals surface area contributed by atoms with E-state index in [4.69, 9.17) is 11.6 Å². The van der Waals surface area contributed by atoms with Crippen LogP contribution in [0, 0.1) is 0 Å². The normalized spacial score (nSPS) is 11.2. The second-order valence-corrected chi connectivity index (χ2v) is 6.05. The van der Waals surface area contributed by atoms with Gasteiger partial charge in [0.1, 0.15) is 0 Å². The van der Waals surface area contributed by atoms with E-state index >= 15 is 0 Å². The zero-order valence-corrected chi connectivity index (χ0v) is 11.2. The van der Waals surface area contributed by atoms with Crippen molar-refractivity contribution in [1.82, 2.24) is 4.98 Å². The predicted molar refractivity (Wildman–Crippen MR) is 71.3 cm³/mol. The van der Waals surface area contributed by atoms with Gasteiger partial charge in [0.15, 0.2) is 0 Å². The van der Waals surface area contributed by atoms with E-state index in [-0.39, 0.29) is 4.90 Å². The fourth-order valence-corrected chi connectivity index (χ4v) is 2.95. The number of benzene rings is 1. The largest absolute Gasteiger partial charge is 0.268 e. The first-order chi connectivity index (χ1) is 8.51. The summed E-state index contributed by atoms with van der Waals surface area (Å²) in [7, 11) is -2.13. The van der Waals surface area contributed by atoms with Gasteiger partial charge in [0.2, 0.25) is 0 Å². The van der Waals surface area contributed by atoms with Crippen LogP contribution in [0.3, 0.4) is 0 Å². The van der Waals surface area contributed by atoms with E-state index in [1.807, 2.05) is 0 Å². The summed E-state index contributed by atoms with van der Waals surface area (Å²) >= 11 is 5.81. The van der Waals surface area contributed by atoms with E-state index < -0.39 is 10.0 Å². The zero-order chi connectivity index (χ0) is 13.2.